The molecule has 1 fully saturated rings. The van der Waals surface area contributed by atoms with Crippen molar-refractivity contribution >= 4 is 21.4 Å². The van der Waals surface area contributed by atoms with Crippen LogP contribution in [0.1, 0.15) is 32.1 Å². The summed E-state index contributed by atoms with van der Waals surface area (Å²) in [5.41, 5.74) is 0.287. The van der Waals surface area contributed by atoms with Crippen molar-refractivity contribution in [3.63, 3.8) is 0 Å². The SMILES string of the molecule is COc1ccc(NCC(=O)NC2CCCCC2)c(S(=O)(=O)c2ccccc2)c1OC. The number of sulfone groups is 1. The van der Waals surface area contributed by atoms with Gasteiger partial charge in [-0.15, -0.1) is 0 Å². The Balaban J connectivity index is 1.89. The van der Waals surface area contributed by atoms with Crippen molar-refractivity contribution in [3.8, 4) is 11.5 Å². The van der Waals surface area contributed by atoms with Gasteiger partial charge in [-0.25, -0.2) is 8.42 Å². The van der Waals surface area contributed by atoms with Crippen LogP contribution in [0.15, 0.2) is 52.3 Å². The van der Waals surface area contributed by atoms with Gasteiger partial charge in [-0.05, 0) is 37.1 Å². The second kappa shape index (κ2) is 9.84. The molecule has 0 atom stereocenters. The Labute approximate surface area is 177 Å². The predicted molar refractivity (Wildman–Crippen MR) is 115 cm³/mol. The van der Waals surface area contributed by atoms with E-state index in [1.807, 2.05) is 0 Å². The van der Waals surface area contributed by atoms with E-state index in [0.717, 1.165) is 25.7 Å². The molecule has 0 aliphatic heterocycles. The third-order valence-electron chi connectivity index (χ3n) is 5.23. The number of hydrogen-bond acceptors (Lipinski definition) is 6. The topological polar surface area (TPSA) is 93.7 Å². The van der Waals surface area contributed by atoms with Crippen LogP contribution >= 0.6 is 0 Å². The monoisotopic (exact) mass is 432 g/mol. The van der Waals surface area contributed by atoms with Gasteiger partial charge >= 0.3 is 0 Å². The second-order valence-corrected chi connectivity index (χ2v) is 9.14. The van der Waals surface area contributed by atoms with E-state index in [-0.39, 0.29) is 39.7 Å². The number of benzene rings is 2. The summed E-state index contributed by atoms with van der Waals surface area (Å²) in [4.78, 5) is 12.5. The molecule has 0 bridgehead atoms. The van der Waals surface area contributed by atoms with Gasteiger partial charge in [0, 0.05) is 6.04 Å². The van der Waals surface area contributed by atoms with Crippen molar-refractivity contribution in [3.05, 3.63) is 42.5 Å². The summed E-state index contributed by atoms with van der Waals surface area (Å²) in [5, 5.41) is 6.00. The van der Waals surface area contributed by atoms with E-state index in [1.165, 1.54) is 32.8 Å². The fourth-order valence-electron chi connectivity index (χ4n) is 3.72. The third kappa shape index (κ3) is 4.87. The summed E-state index contributed by atoms with van der Waals surface area (Å²) >= 11 is 0. The number of carbonyl (C=O) groups is 1. The number of hydrogen-bond donors (Lipinski definition) is 2. The summed E-state index contributed by atoms with van der Waals surface area (Å²) < 4.78 is 37.5. The van der Waals surface area contributed by atoms with Gasteiger partial charge in [-0.1, -0.05) is 37.5 Å². The van der Waals surface area contributed by atoms with Crippen LogP contribution in [0, 0.1) is 0 Å². The molecule has 7 nitrogen and oxygen atoms in total. The molecule has 1 aliphatic rings. The molecular formula is C22H28N2O5S. The average Bonchev–Trinajstić information content (AvgIpc) is 2.78. The Bertz CT molecular complexity index is 971. The maximum Gasteiger partial charge on any atom is 0.239 e. The molecule has 0 saturated heterocycles. The largest absolute Gasteiger partial charge is 0.493 e. The number of ether oxygens (including phenoxy) is 2. The molecule has 0 radical (unpaired) electrons. The second-order valence-electron chi connectivity index (χ2n) is 7.25. The third-order valence-corrected chi connectivity index (χ3v) is 7.07. The Morgan fingerprint density at radius 1 is 1.00 bits per heavy atom. The normalized spacial score (nSPS) is 14.7. The fraction of sp³-hybridized carbons (Fsp3) is 0.409. The first-order valence-corrected chi connectivity index (χ1v) is 11.5. The maximum absolute atomic E-state index is 13.4. The van der Waals surface area contributed by atoms with Crippen LogP contribution in [0.5, 0.6) is 11.5 Å². The number of amides is 1. The lowest BCUT2D eigenvalue weighted by Gasteiger charge is -2.23. The van der Waals surface area contributed by atoms with E-state index in [0.29, 0.717) is 5.75 Å². The minimum Gasteiger partial charge on any atom is -0.493 e. The number of methoxy groups -OCH3 is 2. The average molecular weight is 433 g/mol. The van der Waals surface area contributed by atoms with Crippen molar-refractivity contribution in [1.82, 2.24) is 5.32 Å². The maximum atomic E-state index is 13.4. The Morgan fingerprint density at radius 2 is 1.70 bits per heavy atom. The standard InChI is InChI=1S/C22H28N2O5S/c1-28-19-14-13-18(23-15-20(25)24-16-9-5-3-6-10-16)22(21(19)29-2)30(26,27)17-11-7-4-8-12-17/h4,7-8,11-14,16,23H,3,5-6,9-10,15H2,1-2H3,(H,24,25). The van der Waals surface area contributed by atoms with Crippen LogP contribution < -0.4 is 20.1 Å². The first-order valence-electron chi connectivity index (χ1n) is 10.1. The Morgan fingerprint density at radius 3 is 2.33 bits per heavy atom. The minimum absolute atomic E-state index is 0.0384. The lowest BCUT2D eigenvalue weighted by atomic mass is 9.95. The number of carbonyl (C=O) groups excluding carboxylic acids is 1. The lowest BCUT2D eigenvalue weighted by molar-refractivity contribution is -0.120. The van der Waals surface area contributed by atoms with Crippen LogP contribution in [0.4, 0.5) is 5.69 Å². The lowest BCUT2D eigenvalue weighted by Crippen LogP contribution is -2.39. The van der Waals surface area contributed by atoms with Crippen molar-refractivity contribution in [2.24, 2.45) is 0 Å². The molecule has 0 aromatic heterocycles. The van der Waals surface area contributed by atoms with Gasteiger partial charge < -0.3 is 20.1 Å². The zero-order valence-corrected chi connectivity index (χ0v) is 18.1. The molecule has 30 heavy (non-hydrogen) atoms. The molecule has 8 heteroatoms. The molecule has 2 aromatic carbocycles. The van der Waals surface area contributed by atoms with Gasteiger partial charge in [0.15, 0.2) is 11.5 Å². The molecule has 1 amide bonds. The fourth-order valence-corrected chi connectivity index (χ4v) is 5.33. The molecule has 2 aromatic rings. The summed E-state index contributed by atoms with van der Waals surface area (Å²) in [7, 11) is -1.08. The van der Waals surface area contributed by atoms with Gasteiger partial charge in [0.1, 0.15) is 4.90 Å². The summed E-state index contributed by atoms with van der Waals surface area (Å²) in [6.45, 7) is -0.0384. The van der Waals surface area contributed by atoms with Crippen LogP contribution in [-0.4, -0.2) is 41.1 Å². The highest BCUT2D eigenvalue weighted by atomic mass is 32.2. The van der Waals surface area contributed by atoms with Crippen molar-refractivity contribution < 1.29 is 22.7 Å². The molecule has 162 valence electrons. The van der Waals surface area contributed by atoms with E-state index >= 15 is 0 Å². The smallest absolute Gasteiger partial charge is 0.239 e. The first-order chi connectivity index (χ1) is 14.5. The van der Waals surface area contributed by atoms with Crippen molar-refractivity contribution in [1.29, 1.82) is 0 Å². The van der Waals surface area contributed by atoms with Gasteiger partial charge in [0.05, 0.1) is 31.3 Å². The predicted octanol–water partition coefficient (Wildman–Crippen LogP) is 3.40. The van der Waals surface area contributed by atoms with Gasteiger partial charge in [0.2, 0.25) is 15.7 Å². The zero-order valence-electron chi connectivity index (χ0n) is 17.3. The quantitative estimate of drug-likeness (QED) is 0.664. The van der Waals surface area contributed by atoms with Crippen LogP contribution in [0.2, 0.25) is 0 Å². The molecule has 1 saturated carbocycles. The molecule has 3 rings (SSSR count). The highest BCUT2D eigenvalue weighted by Gasteiger charge is 2.29. The van der Waals surface area contributed by atoms with E-state index in [4.69, 9.17) is 9.47 Å². The Hall–Kier alpha value is -2.74. The summed E-state index contributed by atoms with van der Waals surface area (Å²) in [6.07, 6.45) is 5.41. The molecule has 0 heterocycles. The van der Waals surface area contributed by atoms with Crippen molar-refractivity contribution in [2.45, 2.75) is 47.9 Å². The number of nitrogens with one attached hydrogen (secondary N) is 2. The van der Waals surface area contributed by atoms with E-state index < -0.39 is 9.84 Å². The van der Waals surface area contributed by atoms with E-state index in [9.17, 15) is 13.2 Å². The first kappa shape index (κ1) is 22.0. The van der Waals surface area contributed by atoms with Crippen molar-refractivity contribution in [2.75, 3.05) is 26.1 Å². The van der Waals surface area contributed by atoms with Crippen LogP contribution in [0.25, 0.3) is 0 Å². The highest BCUT2D eigenvalue weighted by molar-refractivity contribution is 7.91. The minimum atomic E-state index is -3.92. The van der Waals surface area contributed by atoms with E-state index in [2.05, 4.69) is 10.6 Å². The molecular weight excluding hydrogens is 404 g/mol. The van der Waals surface area contributed by atoms with Gasteiger partial charge in [-0.2, -0.15) is 0 Å². The van der Waals surface area contributed by atoms with E-state index in [1.54, 1.807) is 30.3 Å². The highest BCUT2D eigenvalue weighted by Crippen LogP contribution is 2.42. The molecule has 1 aliphatic carbocycles. The van der Waals surface area contributed by atoms with Crippen LogP contribution in [0.3, 0.4) is 0 Å². The number of anilines is 1. The Kier molecular flexibility index (Phi) is 7.20. The van der Waals surface area contributed by atoms with Crippen LogP contribution in [-0.2, 0) is 14.6 Å². The summed E-state index contributed by atoms with van der Waals surface area (Å²) in [5.74, 6) is 0.225. The molecule has 0 spiro atoms. The number of rotatable bonds is 8. The van der Waals surface area contributed by atoms with Gasteiger partial charge in [-0.3, -0.25) is 4.79 Å². The van der Waals surface area contributed by atoms with Gasteiger partial charge in [0.25, 0.3) is 0 Å². The molecule has 0 unspecified atom stereocenters. The zero-order chi connectivity index (χ0) is 21.6. The summed E-state index contributed by atoms with van der Waals surface area (Å²) in [6, 6.07) is 11.5. The molecule has 2 N–H and O–H groups in total.